The molecule has 0 saturated heterocycles. The van der Waals surface area contributed by atoms with Crippen LogP contribution in [-0.4, -0.2) is 34.9 Å². The maximum absolute atomic E-state index is 12.5. The largest absolute Gasteiger partial charge is 0.394 e. The molecule has 0 aromatic heterocycles. The van der Waals surface area contributed by atoms with E-state index in [4.69, 9.17) is 0 Å². The first-order valence-electron chi connectivity index (χ1n) is 30.4. The summed E-state index contributed by atoms with van der Waals surface area (Å²) in [6, 6.07) is -0.653. The first-order chi connectivity index (χ1) is 35.7. The smallest absolute Gasteiger partial charge is 0.220 e. The van der Waals surface area contributed by atoms with Gasteiger partial charge in [0.1, 0.15) is 0 Å². The SMILES string of the molecule is CC/C=C\C/C=C\C/C=C\C/C=C\C/C=C\C/C=C\C/C=C\C/C=C\CCCCCCCCCCCCCCCCCCC(=O)NC(CO)C(O)/C=C/CC/C=C/CC/C=C/CCCCCCCCCCC. The summed E-state index contributed by atoms with van der Waals surface area (Å²) in [5.41, 5.74) is 0. The molecule has 410 valence electrons. The van der Waals surface area contributed by atoms with Gasteiger partial charge >= 0.3 is 0 Å². The molecular formula is C68H115NO3. The maximum atomic E-state index is 12.5. The number of unbranched alkanes of at least 4 members (excludes halogenated alkanes) is 27. The number of nitrogens with one attached hydrogen (secondary N) is 1. The van der Waals surface area contributed by atoms with Gasteiger partial charge in [-0.15, -0.1) is 0 Å². The van der Waals surface area contributed by atoms with Gasteiger partial charge in [0.25, 0.3) is 0 Å². The highest BCUT2D eigenvalue weighted by Gasteiger charge is 2.18. The third kappa shape index (κ3) is 57.4. The lowest BCUT2D eigenvalue weighted by molar-refractivity contribution is -0.123. The second kappa shape index (κ2) is 61.8. The number of carbonyl (C=O) groups excluding carboxylic acids is 1. The van der Waals surface area contributed by atoms with Gasteiger partial charge in [0.05, 0.1) is 18.8 Å². The highest BCUT2D eigenvalue weighted by Crippen LogP contribution is 2.16. The molecule has 0 aliphatic rings. The van der Waals surface area contributed by atoms with Crippen molar-refractivity contribution in [3.05, 3.63) is 134 Å². The predicted molar refractivity (Wildman–Crippen MR) is 322 cm³/mol. The number of carbonyl (C=O) groups is 1. The van der Waals surface area contributed by atoms with Gasteiger partial charge in [0, 0.05) is 6.42 Å². The number of rotatable bonds is 54. The predicted octanol–water partition coefficient (Wildman–Crippen LogP) is 20.6. The zero-order chi connectivity index (χ0) is 52.0. The summed E-state index contributed by atoms with van der Waals surface area (Å²) < 4.78 is 0. The zero-order valence-corrected chi connectivity index (χ0v) is 47.2. The van der Waals surface area contributed by atoms with Crippen LogP contribution in [0.4, 0.5) is 0 Å². The van der Waals surface area contributed by atoms with Gasteiger partial charge in [-0.05, 0) is 109 Å². The van der Waals surface area contributed by atoms with Gasteiger partial charge in [-0.1, -0.05) is 289 Å². The average Bonchev–Trinajstić information content (AvgIpc) is 3.39. The van der Waals surface area contributed by atoms with E-state index in [2.05, 4.69) is 141 Å². The van der Waals surface area contributed by atoms with Gasteiger partial charge in [0.2, 0.25) is 5.91 Å². The molecule has 0 rings (SSSR count). The van der Waals surface area contributed by atoms with Crippen LogP contribution in [-0.2, 0) is 4.79 Å². The summed E-state index contributed by atoms with van der Waals surface area (Å²) in [4.78, 5) is 12.5. The van der Waals surface area contributed by atoms with Crippen LogP contribution in [0, 0.1) is 0 Å². The summed E-state index contributed by atoms with van der Waals surface area (Å²) in [6.07, 6.45) is 96.3. The Morgan fingerprint density at radius 2 is 0.625 bits per heavy atom. The van der Waals surface area contributed by atoms with E-state index >= 15 is 0 Å². The van der Waals surface area contributed by atoms with Crippen LogP contribution in [0.25, 0.3) is 0 Å². The topological polar surface area (TPSA) is 69.6 Å². The highest BCUT2D eigenvalue weighted by molar-refractivity contribution is 5.76. The third-order valence-electron chi connectivity index (χ3n) is 13.1. The normalized spacial score (nSPS) is 13.8. The number of hydrogen-bond acceptors (Lipinski definition) is 3. The van der Waals surface area contributed by atoms with Crippen molar-refractivity contribution in [1.82, 2.24) is 5.32 Å². The summed E-state index contributed by atoms with van der Waals surface area (Å²) in [6.45, 7) is 4.18. The molecule has 2 atom stereocenters. The van der Waals surface area contributed by atoms with Crippen molar-refractivity contribution in [2.24, 2.45) is 0 Å². The Morgan fingerprint density at radius 3 is 0.972 bits per heavy atom. The lowest BCUT2D eigenvalue weighted by atomic mass is 10.0. The maximum Gasteiger partial charge on any atom is 0.220 e. The number of allylic oxidation sites excluding steroid dienone is 21. The summed E-state index contributed by atoms with van der Waals surface area (Å²) in [5, 5.41) is 23.1. The first kappa shape index (κ1) is 68.5. The van der Waals surface area contributed by atoms with Crippen LogP contribution < -0.4 is 5.32 Å². The minimum atomic E-state index is -0.877. The molecule has 0 spiro atoms. The molecule has 4 nitrogen and oxygen atoms in total. The Balaban J connectivity index is 3.56. The van der Waals surface area contributed by atoms with Gasteiger partial charge in [-0.3, -0.25) is 4.79 Å². The van der Waals surface area contributed by atoms with Crippen LogP contribution in [0.3, 0.4) is 0 Å². The van der Waals surface area contributed by atoms with Crippen LogP contribution in [0.15, 0.2) is 134 Å². The van der Waals surface area contributed by atoms with Crippen LogP contribution in [0.1, 0.15) is 271 Å². The highest BCUT2D eigenvalue weighted by atomic mass is 16.3. The lowest BCUT2D eigenvalue weighted by Gasteiger charge is -2.19. The van der Waals surface area contributed by atoms with Crippen molar-refractivity contribution < 1.29 is 15.0 Å². The average molecular weight is 995 g/mol. The molecule has 0 aromatic rings. The van der Waals surface area contributed by atoms with Gasteiger partial charge in [-0.25, -0.2) is 0 Å². The van der Waals surface area contributed by atoms with E-state index in [1.165, 1.54) is 161 Å². The Labute approximate surface area is 447 Å². The zero-order valence-electron chi connectivity index (χ0n) is 47.2. The molecule has 72 heavy (non-hydrogen) atoms. The first-order valence-corrected chi connectivity index (χ1v) is 30.4. The van der Waals surface area contributed by atoms with Crippen LogP contribution >= 0.6 is 0 Å². The van der Waals surface area contributed by atoms with E-state index < -0.39 is 12.1 Å². The number of aliphatic hydroxyl groups is 2. The molecule has 2 unspecified atom stereocenters. The van der Waals surface area contributed by atoms with Crippen LogP contribution in [0.2, 0.25) is 0 Å². The lowest BCUT2D eigenvalue weighted by Crippen LogP contribution is -2.45. The summed E-state index contributed by atoms with van der Waals surface area (Å²) in [7, 11) is 0. The molecule has 0 fully saturated rings. The van der Waals surface area contributed by atoms with Crippen molar-refractivity contribution in [2.75, 3.05) is 6.61 Å². The van der Waals surface area contributed by atoms with E-state index in [0.29, 0.717) is 6.42 Å². The molecule has 0 aliphatic heterocycles. The molecule has 0 saturated carbocycles. The second-order valence-corrected chi connectivity index (χ2v) is 20.0. The van der Waals surface area contributed by atoms with E-state index in [1.54, 1.807) is 6.08 Å². The molecule has 1 amide bonds. The molecule has 0 heterocycles. The Bertz CT molecular complexity index is 1450. The van der Waals surface area contributed by atoms with Gasteiger partial charge in [0.15, 0.2) is 0 Å². The van der Waals surface area contributed by atoms with Gasteiger partial charge in [-0.2, -0.15) is 0 Å². The number of aliphatic hydroxyl groups excluding tert-OH is 2. The second-order valence-electron chi connectivity index (χ2n) is 20.0. The number of amides is 1. The van der Waals surface area contributed by atoms with E-state index in [0.717, 1.165) is 89.9 Å². The monoisotopic (exact) mass is 994 g/mol. The van der Waals surface area contributed by atoms with Crippen molar-refractivity contribution in [3.63, 3.8) is 0 Å². The summed E-state index contributed by atoms with van der Waals surface area (Å²) in [5.74, 6) is -0.0807. The molecule has 0 bridgehead atoms. The van der Waals surface area contributed by atoms with Crippen molar-refractivity contribution in [3.8, 4) is 0 Å². The Morgan fingerprint density at radius 1 is 0.347 bits per heavy atom. The minimum absolute atomic E-state index is 0.0807. The quantitative estimate of drug-likeness (QED) is 0.0420. The van der Waals surface area contributed by atoms with E-state index in [-0.39, 0.29) is 12.5 Å². The van der Waals surface area contributed by atoms with Crippen molar-refractivity contribution in [2.45, 2.75) is 283 Å². The van der Waals surface area contributed by atoms with Gasteiger partial charge < -0.3 is 15.5 Å². The fraction of sp³-hybridized carbons (Fsp3) is 0.662. The standard InChI is InChI=1S/C68H115NO3/c1-3-5-7-9-11-13-15-17-19-21-23-24-25-26-27-28-29-30-31-32-33-34-35-36-37-38-39-40-41-42-43-44-46-48-50-52-54-56-58-60-62-64-68(72)69-66(65-70)67(71)63-61-59-57-55-53-51-49-47-45-22-20-18-16-14-12-10-8-6-4-2/h5,7,11,13,17,19,23-24,26-27,29-30,32-33,35-36,45,47,53,55,61,63,66-67,70-71H,3-4,6,8-10,12,14-16,18,20-22,25,28,31,34,37-44,46,48-52,54,56-60,62,64-65H2,1-2H3,(H,69,72)/b7-5-,13-11-,19-17-,24-23-,27-26-,30-29-,33-32-,36-35-,47-45+,55-53+,63-61+. The van der Waals surface area contributed by atoms with Crippen molar-refractivity contribution in [1.29, 1.82) is 0 Å². The molecule has 4 heteroatoms. The minimum Gasteiger partial charge on any atom is -0.394 e. The molecule has 0 aromatic carbocycles. The Kier molecular flexibility index (Phi) is 58.8. The van der Waals surface area contributed by atoms with Crippen LogP contribution in [0.5, 0.6) is 0 Å². The fourth-order valence-electron chi connectivity index (χ4n) is 8.52. The number of hydrogen-bond donors (Lipinski definition) is 3. The van der Waals surface area contributed by atoms with E-state index in [1.807, 2.05) is 6.08 Å². The van der Waals surface area contributed by atoms with E-state index in [9.17, 15) is 15.0 Å². The molecular weight excluding hydrogens is 879 g/mol. The van der Waals surface area contributed by atoms with Crippen molar-refractivity contribution >= 4 is 5.91 Å². The fourth-order valence-corrected chi connectivity index (χ4v) is 8.52. The molecule has 0 radical (unpaired) electrons. The molecule has 0 aliphatic carbocycles. The molecule has 3 N–H and O–H groups in total. The summed E-state index contributed by atoms with van der Waals surface area (Å²) >= 11 is 0. The Hall–Kier alpha value is -3.47. The third-order valence-corrected chi connectivity index (χ3v) is 13.1.